The van der Waals surface area contributed by atoms with Gasteiger partial charge in [0.05, 0.1) is 18.5 Å². The van der Waals surface area contributed by atoms with Gasteiger partial charge in [-0.3, -0.25) is 0 Å². The molecule has 1 N–H and O–H groups in total. The molecule has 0 bridgehead atoms. The Labute approximate surface area is 84.7 Å². The molecule has 1 aromatic heterocycles. The van der Waals surface area contributed by atoms with Crippen LogP contribution < -0.4 is 4.90 Å². The Morgan fingerprint density at radius 1 is 1.46 bits per heavy atom. The van der Waals surface area contributed by atoms with E-state index in [1.54, 1.807) is 12.4 Å². The highest BCUT2D eigenvalue weighted by Gasteiger charge is 2.21. The Morgan fingerprint density at radius 3 is 2.85 bits per heavy atom. The van der Waals surface area contributed by atoms with E-state index >= 15 is 0 Å². The first-order valence-corrected chi connectivity index (χ1v) is 4.95. The third-order valence-electron chi connectivity index (χ3n) is 2.09. The van der Waals surface area contributed by atoms with Crippen molar-refractivity contribution in [1.82, 2.24) is 9.97 Å². The molecular formula is C8H10BrN3O. The van der Waals surface area contributed by atoms with Crippen LogP contribution in [0.15, 0.2) is 17.0 Å². The second-order valence-corrected chi connectivity index (χ2v) is 3.90. The molecule has 0 aromatic carbocycles. The molecule has 1 saturated heterocycles. The summed E-state index contributed by atoms with van der Waals surface area (Å²) in [5.41, 5.74) is 0. The maximum atomic E-state index is 9.32. The van der Waals surface area contributed by atoms with E-state index in [-0.39, 0.29) is 6.10 Å². The van der Waals surface area contributed by atoms with Gasteiger partial charge in [0.15, 0.2) is 0 Å². The summed E-state index contributed by atoms with van der Waals surface area (Å²) in [5, 5.41) is 9.32. The number of hydrogen-bond donors (Lipinski definition) is 1. The highest BCUT2D eigenvalue weighted by atomic mass is 79.9. The van der Waals surface area contributed by atoms with E-state index in [0.717, 1.165) is 23.4 Å². The Balaban J connectivity index is 2.13. The first kappa shape index (κ1) is 8.90. The van der Waals surface area contributed by atoms with Crippen molar-refractivity contribution in [2.75, 3.05) is 18.0 Å². The molecule has 1 aromatic rings. The van der Waals surface area contributed by atoms with Crippen molar-refractivity contribution in [1.29, 1.82) is 0 Å². The SMILES string of the molecule is OC1CCN(c2cnc(Br)cn2)C1. The zero-order chi connectivity index (χ0) is 9.26. The second-order valence-electron chi connectivity index (χ2n) is 3.09. The summed E-state index contributed by atoms with van der Waals surface area (Å²) in [5.74, 6) is 0.833. The predicted octanol–water partition coefficient (Wildman–Crippen LogP) is 0.810. The molecule has 1 unspecified atom stereocenters. The van der Waals surface area contributed by atoms with E-state index in [2.05, 4.69) is 25.9 Å². The number of hydrogen-bond acceptors (Lipinski definition) is 4. The number of rotatable bonds is 1. The van der Waals surface area contributed by atoms with E-state index < -0.39 is 0 Å². The molecule has 4 nitrogen and oxygen atoms in total. The number of aromatic nitrogens is 2. The maximum Gasteiger partial charge on any atom is 0.147 e. The summed E-state index contributed by atoms with van der Waals surface area (Å²) in [6, 6.07) is 0. The standard InChI is InChI=1S/C8H10BrN3O/c9-7-3-11-8(4-10-7)12-2-1-6(13)5-12/h3-4,6,13H,1-2,5H2. The Morgan fingerprint density at radius 2 is 2.31 bits per heavy atom. The molecule has 2 heterocycles. The minimum atomic E-state index is -0.217. The predicted molar refractivity (Wildman–Crippen MR) is 52.6 cm³/mol. The van der Waals surface area contributed by atoms with Crippen molar-refractivity contribution < 1.29 is 5.11 Å². The fraction of sp³-hybridized carbons (Fsp3) is 0.500. The summed E-state index contributed by atoms with van der Waals surface area (Å²) in [4.78, 5) is 10.3. The van der Waals surface area contributed by atoms with Gasteiger partial charge in [0.25, 0.3) is 0 Å². The largest absolute Gasteiger partial charge is 0.391 e. The summed E-state index contributed by atoms with van der Waals surface area (Å²) >= 11 is 3.22. The quantitative estimate of drug-likeness (QED) is 0.794. The number of aliphatic hydroxyl groups excluding tert-OH is 1. The number of anilines is 1. The summed E-state index contributed by atoms with van der Waals surface area (Å²) in [6.07, 6.45) is 3.98. The van der Waals surface area contributed by atoms with Crippen LogP contribution in [0.5, 0.6) is 0 Å². The number of aliphatic hydroxyl groups is 1. The van der Waals surface area contributed by atoms with Gasteiger partial charge in [-0.1, -0.05) is 0 Å². The van der Waals surface area contributed by atoms with Crippen LogP contribution >= 0.6 is 15.9 Å². The van der Waals surface area contributed by atoms with Gasteiger partial charge in [-0.25, -0.2) is 9.97 Å². The van der Waals surface area contributed by atoms with E-state index in [9.17, 15) is 5.11 Å². The van der Waals surface area contributed by atoms with Crippen LogP contribution in [0.2, 0.25) is 0 Å². The van der Waals surface area contributed by atoms with Gasteiger partial charge < -0.3 is 10.0 Å². The van der Waals surface area contributed by atoms with E-state index in [1.165, 1.54) is 0 Å². The molecule has 1 aliphatic rings. The molecule has 2 rings (SSSR count). The van der Waals surface area contributed by atoms with Gasteiger partial charge >= 0.3 is 0 Å². The van der Waals surface area contributed by atoms with Crippen molar-refractivity contribution in [2.45, 2.75) is 12.5 Å². The normalized spacial score (nSPS) is 22.3. The van der Waals surface area contributed by atoms with Crippen LogP contribution in [0.25, 0.3) is 0 Å². The van der Waals surface area contributed by atoms with Crippen molar-refractivity contribution in [3.05, 3.63) is 17.0 Å². The highest BCUT2D eigenvalue weighted by Crippen LogP contribution is 2.17. The van der Waals surface area contributed by atoms with Crippen LogP contribution in [0, 0.1) is 0 Å². The molecule has 5 heteroatoms. The molecule has 0 spiro atoms. The van der Waals surface area contributed by atoms with E-state index in [0.29, 0.717) is 6.54 Å². The lowest BCUT2D eigenvalue weighted by Crippen LogP contribution is -2.22. The average molecular weight is 244 g/mol. The zero-order valence-electron chi connectivity index (χ0n) is 7.02. The minimum absolute atomic E-state index is 0.217. The lowest BCUT2D eigenvalue weighted by Gasteiger charge is -2.15. The van der Waals surface area contributed by atoms with Crippen molar-refractivity contribution >= 4 is 21.7 Å². The third-order valence-corrected chi connectivity index (χ3v) is 2.50. The van der Waals surface area contributed by atoms with Crippen LogP contribution in [-0.2, 0) is 0 Å². The minimum Gasteiger partial charge on any atom is -0.391 e. The molecule has 13 heavy (non-hydrogen) atoms. The van der Waals surface area contributed by atoms with Crippen LogP contribution in [-0.4, -0.2) is 34.3 Å². The fourth-order valence-electron chi connectivity index (χ4n) is 1.42. The molecular weight excluding hydrogens is 234 g/mol. The fourth-order valence-corrected chi connectivity index (χ4v) is 1.62. The lowest BCUT2D eigenvalue weighted by atomic mass is 10.3. The molecule has 0 radical (unpaired) electrons. The van der Waals surface area contributed by atoms with E-state index in [4.69, 9.17) is 0 Å². The lowest BCUT2D eigenvalue weighted by molar-refractivity contribution is 0.198. The molecule has 1 aliphatic heterocycles. The number of β-amino-alcohol motifs (C(OH)–C–C–N with tert-alkyl or cyclic N) is 1. The zero-order valence-corrected chi connectivity index (χ0v) is 8.61. The smallest absolute Gasteiger partial charge is 0.147 e. The molecule has 70 valence electrons. The Bertz CT molecular complexity index is 290. The topological polar surface area (TPSA) is 49.2 Å². The number of nitrogens with zero attached hydrogens (tertiary/aromatic N) is 3. The number of halogens is 1. The Hall–Kier alpha value is -0.680. The summed E-state index contributed by atoms with van der Waals surface area (Å²) < 4.78 is 0.732. The summed E-state index contributed by atoms with van der Waals surface area (Å²) in [7, 11) is 0. The first-order valence-electron chi connectivity index (χ1n) is 4.16. The van der Waals surface area contributed by atoms with E-state index in [1.807, 2.05) is 4.90 Å². The van der Waals surface area contributed by atoms with Gasteiger partial charge in [-0.05, 0) is 22.4 Å². The van der Waals surface area contributed by atoms with Crippen LogP contribution in [0.1, 0.15) is 6.42 Å². The van der Waals surface area contributed by atoms with Gasteiger partial charge in [-0.2, -0.15) is 0 Å². The molecule has 0 aliphatic carbocycles. The van der Waals surface area contributed by atoms with Gasteiger partial charge in [0.2, 0.25) is 0 Å². The molecule has 0 saturated carbocycles. The second kappa shape index (κ2) is 3.59. The first-order chi connectivity index (χ1) is 6.25. The summed E-state index contributed by atoms with van der Waals surface area (Å²) in [6.45, 7) is 1.52. The molecule has 1 fully saturated rings. The van der Waals surface area contributed by atoms with Crippen LogP contribution in [0.3, 0.4) is 0 Å². The van der Waals surface area contributed by atoms with Crippen molar-refractivity contribution in [3.63, 3.8) is 0 Å². The van der Waals surface area contributed by atoms with Crippen molar-refractivity contribution in [2.24, 2.45) is 0 Å². The Kier molecular flexibility index (Phi) is 2.46. The molecule has 1 atom stereocenters. The third kappa shape index (κ3) is 1.97. The van der Waals surface area contributed by atoms with Gasteiger partial charge in [-0.15, -0.1) is 0 Å². The maximum absolute atomic E-state index is 9.32. The highest BCUT2D eigenvalue weighted by molar-refractivity contribution is 9.10. The van der Waals surface area contributed by atoms with Crippen molar-refractivity contribution in [3.8, 4) is 0 Å². The monoisotopic (exact) mass is 243 g/mol. The van der Waals surface area contributed by atoms with Gasteiger partial charge in [0, 0.05) is 13.1 Å². The molecule has 0 amide bonds. The van der Waals surface area contributed by atoms with Crippen LogP contribution in [0.4, 0.5) is 5.82 Å². The van der Waals surface area contributed by atoms with Gasteiger partial charge in [0.1, 0.15) is 10.4 Å². The average Bonchev–Trinajstić information content (AvgIpc) is 2.53.